The Kier molecular flexibility index (Phi) is 4.57. The number of hydrogen-bond acceptors (Lipinski definition) is 4. The van der Waals surface area contributed by atoms with Gasteiger partial charge in [-0.15, -0.1) is 0 Å². The van der Waals surface area contributed by atoms with Gasteiger partial charge in [-0.25, -0.2) is 4.79 Å². The molecule has 1 aromatic rings. The van der Waals surface area contributed by atoms with Gasteiger partial charge in [0, 0.05) is 13.1 Å². The van der Waals surface area contributed by atoms with Gasteiger partial charge >= 0.3 is 12.1 Å². The zero-order chi connectivity index (χ0) is 14.5. The summed E-state index contributed by atoms with van der Waals surface area (Å²) in [7, 11) is 1.74. The van der Waals surface area contributed by atoms with Gasteiger partial charge in [0.05, 0.1) is 6.54 Å². The summed E-state index contributed by atoms with van der Waals surface area (Å²) in [5.74, 6) is -0.923. The summed E-state index contributed by atoms with van der Waals surface area (Å²) in [6.07, 6.45) is -0.465. The van der Waals surface area contributed by atoms with E-state index in [2.05, 4.69) is 0 Å². The van der Waals surface area contributed by atoms with Gasteiger partial charge in [-0.1, -0.05) is 30.3 Å². The summed E-state index contributed by atoms with van der Waals surface area (Å²) in [5.41, 5.74) is 0.907. The van der Waals surface area contributed by atoms with Crippen LogP contribution in [0.15, 0.2) is 30.3 Å². The Morgan fingerprint density at radius 3 is 2.65 bits per heavy atom. The maximum absolute atomic E-state index is 11.9. The number of carbonyl (C=O) groups is 2. The highest BCUT2D eigenvalue weighted by Gasteiger charge is 2.32. The average Bonchev–Trinajstić information content (AvgIpc) is 2.46. The van der Waals surface area contributed by atoms with Crippen molar-refractivity contribution in [1.29, 1.82) is 0 Å². The van der Waals surface area contributed by atoms with Gasteiger partial charge in [-0.3, -0.25) is 9.69 Å². The molecule has 0 aliphatic carbocycles. The number of ether oxygens (including phenoxy) is 1. The Morgan fingerprint density at radius 1 is 1.30 bits per heavy atom. The molecule has 1 saturated heterocycles. The third kappa shape index (κ3) is 3.48. The summed E-state index contributed by atoms with van der Waals surface area (Å²) >= 11 is 0. The molecule has 1 amide bonds. The van der Waals surface area contributed by atoms with Crippen molar-refractivity contribution >= 4 is 12.1 Å². The number of carbonyl (C=O) groups excluding carboxylic acids is 1. The molecule has 1 N–H and O–H groups in total. The molecule has 0 spiro atoms. The molecule has 0 bridgehead atoms. The van der Waals surface area contributed by atoms with Gasteiger partial charge < -0.3 is 14.7 Å². The summed E-state index contributed by atoms with van der Waals surface area (Å²) in [5, 5.41) is 9.10. The largest absolute Gasteiger partial charge is 0.480 e. The molecule has 6 nitrogen and oxygen atoms in total. The summed E-state index contributed by atoms with van der Waals surface area (Å²) in [4.78, 5) is 26.2. The van der Waals surface area contributed by atoms with Crippen molar-refractivity contribution in [3.8, 4) is 0 Å². The number of benzene rings is 1. The standard InChI is InChI=1S/C14H18N2O4/c1-15-7-8-16(9-12(15)13(17)18)14(19)20-10-11-5-3-2-4-6-11/h2-6,12H,7-10H2,1H3,(H,17,18)/t12-/m1/s1. The van der Waals surface area contributed by atoms with E-state index in [0.29, 0.717) is 13.1 Å². The second kappa shape index (κ2) is 6.38. The lowest BCUT2D eigenvalue weighted by Gasteiger charge is -2.36. The van der Waals surface area contributed by atoms with Crippen LogP contribution in [-0.4, -0.2) is 59.7 Å². The van der Waals surface area contributed by atoms with Crippen LogP contribution in [0.4, 0.5) is 4.79 Å². The van der Waals surface area contributed by atoms with E-state index in [1.807, 2.05) is 30.3 Å². The molecule has 1 aliphatic rings. The molecule has 108 valence electrons. The molecule has 1 aliphatic heterocycles. The second-order valence-electron chi connectivity index (χ2n) is 4.82. The molecule has 1 atom stereocenters. The first-order chi connectivity index (χ1) is 9.58. The van der Waals surface area contributed by atoms with Crippen LogP contribution in [0.3, 0.4) is 0 Å². The minimum atomic E-state index is -0.923. The molecule has 20 heavy (non-hydrogen) atoms. The fraction of sp³-hybridized carbons (Fsp3) is 0.429. The Balaban J connectivity index is 1.88. The Hall–Kier alpha value is -2.08. The van der Waals surface area contributed by atoms with E-state index >= 15 is 0 Å². The lowest BCUT2D eigenvalue weighted by Crippen LogP contribution is -2.56. The normalized spacial score (nSPS) is 19.6. The maximum atomic E-state index is 11.9. The highest BCUT2D eigenvalue weighted by Crippen LogP contribution is 2.10. The molecule has 2 rings (SSSR count). The number of likely N-dealkylation sites (N-methyl/N-ethyl adjacent to an activating group) is 1. The fourth-order valence-electron chi connectivity index (χ4n) is 2.12. The number of amides is 1. The van der Waals surface area contributed by atoms with E-state index < -0.39 is 18.1 Å². The number of rotatable bonds is 3. The van der Waals surface area contributed by atoms with Crippen LogP contribution in [0, 0.1) is 0 Å². The fourth-order valence-corrected chi connectivity index (χ4v) is 2.12. The number of hydrogen-bond donors (Lipinski definition) is 1. The molecular weight excluding hydrogens is 260 g/mol. The third-order valence-corrected chi connectivity index (χ3v) is 3.40. The van der Waals surface area contributed by atoms with Gasteiger partial charge in [0.2, 0.25) is 0 Å². The molecule has 0 unspecified atom stereocenters. The number of nitrogens with zero attached hydrogens (tertiary/aromatic N) is 2. The van der Waals surface area contributed by atoms with Crippen LogP contribution >= 0.6 is 0 Å². The monoisotopic (exact) mass is 278 g/mol. The van der Waals surface area contributed by atoms with Crippen LogP contribution < -0.4 is 0 Å². The third-order valence-electron chi connectivity index (χ3n) is 3.40. The SMILES string of the molecule is CN1CCN(C(=O)OCc2ccccc2)C[C@@H]1C(=O)O. The molecule has 1 aromatic carbocycles. The average molecular weight is 278 g/mol. The van der Waals surface area contributed by atoms with Gasteiger partial charge in [0.15, 0.2) is 0 Å². The first-order valence-corrected chi connectivity index (χ1v) is 6.46. The Morgan fingerprint density at radius 2 is 2.00 bits per heavy atom. The van der Waals surface area contributed by atoms with Gasteiger partial charge in [0.25, 0.3) is 0 Å². The van der Waals surface area contributed by atoms with Crippen molar-refractivity contribution in [2.45, 2.75) is 12.6 Å². The van der Waals surface area contributed by atoms with Crippen molar-refractivity contribution < 1.29 is 19.4 Å². The highest BCUT2D eigenvalue weighted by molar-refractivity contribution is 5.76. The van der Waals surface area contributed by atoms with Crippen LogP contribution in [0.5, 0.6) is 0 Å². The zero-order valence-corrected chi connectivity index (χ0v) is 11.4. The predicted molar refractivity (Wildman–Crippen MR) is 72.3 cm³/mol. The van der Waals surface area contributed by atoms with Crippen molar-refractivity contribution in [2.75, 3.05) is 26.7 Å². The first-order valence-electron chi connectivity index (χ1n) is 6.46. The topological polar surface area (TPSA) is 70.1 Å². The number of aliphatic carboxylic acids is 1. The van der Waals surface area contributed by atoms with Crippen LogP contribution in [0.1, 0.15) is 5.56 Å². The molecule has 1 heterocycles. The van der Waals surface area contributed by atoms with Crippen molar-refractivity contribution in [3.05, 3.63) is 35.9 Å². The van der Waals surface area contributed by atoms with E-state index in [0.717, 1.165) is 5.56 Å². The molecular formula is C14H18N2O4. The molecule has 1 fully saturated rings. The van der Waals surface area contributed by atoms with E-state index in [4.69, 9.17) is 9.84 Å². The lowest BCUT2D eigenvalue weighted by atomic mass is 10.2. The minimum Gasteiger partial charge on any atom is -0.480 e. The van der Waals surface area contributed by atoms with Crippen LogP contribution in [0.25, 0.3) is 0 Å². The Bertz CT molecular complexity index is 477. The first kappa shape index (κ1) is 14.3. The van der Waals surface area contributed by atoms with Gasteiger partial charge in [-0.2, -0.15) is 0 Å². The minimum absolute atomic E-state index is 0.152. The number of piperazine rings is 1. The van der Waals surface area contributed by atoms with E-state index in [1.54, 1.807) is 11.9 Å². The van der Waals surface area contributed by atoms with E-state index in [1.165, 1.54) is 4.90 Å². The van der Waals surface area contributed by atoms with Crippen molar-refractivity contribution in [1.82, 2.24) is 9.80 Å². The Labute approximate surface area is 117 Å². The molecule has 6 heteroatoms. The predicted octanol–water partition coefficient (Wildman–Crippen LogP) is 1.02. The zero-order valence-electron chi connectivity index (χ0n) is 11.4. The molecule has 0 aromatic heterocycles. The van der Waals surface area contributed by atoms with Crippen molar-refractivity contribution in [3.63, 3.8) is 0 Å². The van der Waals surface area contributed by atoms with Crippen LogP contribution in [-0.2, 0) is 16.1 Å². The quantitative estimate of drug-likeness (QED) is 0.894. The number of carboxylic acids is 1. The summed E-state index contributed by atoms with van der Waals surface area (Å²) < 4.78 is 5.21. The smallest absolute Gasteiger partial charge is 0.410 e. The highest BCUT2D eigenvalue weighted by atomic mass is 16.6. The second-order valence-corrected chi connectivity index (χ2v) is 4.82. The summed E-state index contributed by atoms with van der Waals surface area (Å²) in [6, 6.07) is 8.71. The van der Waals surface area contributed by atoms with Crippen molar-refractivity contribution in [2.24, 2.45) is 0 Å². The van der Waals surface area contributed by atoms with Crippen LogP contribution in [0.2, 0.25) is 0 Å². The summed E-state index contributed by atoms with van der Waals surface area (Å²) in [6.45, 7) is 1.36. The van der Waals surface area contributed by atoms with Gasteiger partial charge in [0.1, 0.15) is 12.6 Å². The maximum Gasteiger partial charge on any atom is 0.410 e. The van der Waals surface area contributed by atoms with E-state index in [9.17, 15) is 9.59 Å². The number of carboxylic acid groups (broad SMARTS) is 1. The van der Waals surface area contributed by atoms with E-state index in [-0.39, 0.29) is 13.2 Å². The molecule has 0 radical (unpaired) electrons. The lowest BCUT2D eigenvalue weighted by molar-refractivity contribution is -0.144. The van der Waals surface area contributed by atoms with Gasteiger partial charge in [-0.05, 0) is 12.6 Å². The molecule has 0 saturated carbocycles.